The molecule has 0 bridgehead atoms. The van der Waals surface area contributed by atoms with Gasteiger partial charge >= 0.3 is 0 Å². The molecule has 1 aromatic carbocycles. The first-order valence-corrected chi connectivity index (χ1v) is 8.35. The maximum absolute atomic E-state index is 3.73. The van der Waals surface area contributed by atoms with Crippen molar-refractivity contribution in [3.05, 3.63) is 35.9 Å². The molecule has 2 nitrogen and oxygen atoms in total. The molecule has 1 aliphatic carbocycles. The van der Waals surface area contributed by atoms with Crippen LogP contribution < -0.4 is 5.32 Å². The van der Waals surface area contributed by atoms with Gasteiger partial charge in [0.25, 0.3) is 0 Å². The SMILES string of the molecule is CC1CCC(N2CCCNC(c3ccccc3)C2)CC1. The summed E-state index contributed by atoms with van der Waals surface area (Å²) in [6.45, 7) is 6.02. The molecule has 1 atom stereocenters. The minimum atomic E-state index is 0.512. The van der Waals surface area contributed by atoms with E-state index in [2.05, 4.69) is 47.5 Å². The molecular formula is C18H28N2. The molecule has 0 amide bonds. The van der Waals surface area contributed by atoms with Crippen molar-refractivity contribution in [3.8, 4) is 0 Å². The zero-order chi connectivity index (χ0) is 13.8. The third-order valence-corrected chi connectivity index (χ3v) is 5.13. The van der Waals surface area contributed by atoms with Crippen LogP contribution in [0.4, 0.5) is 0 Å². The summed E-state index contributed by atoms with van der Waals surface area (Å²) in [5.74, 6) is 0.946. The fourth-order valence-corrected chi connectivity index (χ4v) is 3.80. The van der Waals surface area contributed by atoms with Crippen LogP contribution in [0.3, 0.4) is 0 Å². The average Bonchev–Trinajstić information content (AvgIpc) is 2.75. The van der Waals surface area contributed by atoms with Crippen molar-refractivity contribution in [2.45, 2.75) is 51.1 Å². The van der Waals surface area contributed by atoms with Crippen LogP contribution in [0.1, 0.15) is 50.6 Å². The molecular weight excluding hydrogens is 244 g/mol. The van der Waals surface area contributed by atoms with Crippen LogP contribution in [0.2, 0.25) is 0 Å². The highest BCUT2D eigenvalue weighted by Crippen LogP contribution is 2.29. The number of hydrogen-bond acceptors (Lipinski definition) is 2. The second-order valence-corrected chi connectivity index (χ2v) is 6.68. The Morgan fingerprint density at radius 1 is 1.05 bits per heavy atom. The van der Waals surface area contributed by atoms with Gasteiger partial charge in [0.15, 0.2) is 0 Å². The zero-order valence-corrected chi connectivity index (χ0v) is 12.7. The maximum atomic E-state index is 3.73. The van der Waals surface area contributed by atoms with E-state index in [4.69, 9.17) is 0 Å². The molecule has 2 aliphatic rings. The van der Waals surface area contributed by atoms with Gasteiger partial charge in [-0.1, -0.05) is 37.3 Å². The van der Waals surface area contributed by atoms with Gasteiger partial charge in [-0.05, 0) is 56.7 Å². The predicted octanol–water partition coefficient (Wildman–Crippen LogP) is 3.60. The van der Waals surface area contributed by atoms with Gasteiger partial charge in [-0.3, -0.25) is 4.90 Å². The van der Waals surface area contributed by atoms with Crippen molar-refractivity contribution in [2.75, 3.05) is 19.6 Å². The van der Waals surface area contributed by atoms with Gasteiger partial charge in [0.1, 0.15) is 0 Å². The third-order valence-electron chi connectivity index (χ3n) is 5.13. The summed E-state index contributed by atoms with van der Waals surface area (Å²) in [7, 11) is 0. The smallest absolute Gasteiger partial charge is 0.0449 e. The maximum Gasteiger partial charge on any atom is 0.0449 e. The zero-order valence-electron chi connectivity index (χ0n) is 12.7. The number of benzene rings is 1. The number of rotatable bonds is 2. The van der Waals surface area contributed by atoms with Crippen molar-refractivity contribution in [2.24, 2.45) is 5.92 Å². The Labute approximate surface area is 123 Å². The lowest BCUT2D eigenvalue weighted by Crippen LogP contribution is -2.41. The quantitative estimate of drug-likeness (QED) is 0.885. The monoisotopic (exact) mass is 272 g/mol. The Bertz CT molecular complexity index is 395. The minimum absolute atomic E-state index is 0.512. The van der Waals surface area contributed by atoms with Crippen LogP contribution in [-0.4, -0.2) is 30.6 Å². The summed E-state index contributed by atoms with van der Waals surface area (Å²) >= 11 is 0. The number of nitrogens with zero attached hydrogens (tertiary/aromatic N) is 1. The van der Waals surface area contributed by atoms with E-state index < -0.39 is 0 Å². The molecule has 2 fully saturated rings. The summed E-state index contributed by atoms with van der Waals surface area (Å²) in [6, 6.07) is 12.3. The number of nitrogens with one attached hydrogen (secondary N) is 1. The van der Waals surface area contributed by atoms with E-state index in [9.17, 15) is 0 Å². The Morgan fingerprint density at radius 3 is 2.55 bits per heavy atom. The molecule has 1 saturated heterocycles. The highest BCUT2D eigenvalue weighted by molar-refractivity contribution is 5.19. The summed E-state index contributed by atoms with van der Waals surface area (Å²) in [6.07, 6.45) is 6.94. The Morgan fingerprint density at radius 2 is 1.80 bits per heavy atom. The fraction of sp³-hybridized carbons (Fsp3) is 0.667. The summed E-state index contributed by atoms with van der Waals surface area (Å²) in [5.41, 5.74) is 1.45. The molecule has 1 aliphatic heterocycles. The van der Waals surface area contributed by atoms with Crippen molar-refractivity contribution in [1.29, 1.82) is 0 Å². The van der Waals surface area contributed by atoms with Crippen molar-refractivity contribution >= 4 is 0 Å². The van der Waals surface area contributed by atoms with Crippen LogP contribution in [0, 0.1) is 5.92 Å². The van der Waals surface area contributed by atoms with Gasteiger partial charge in [0.2, 0.25) is 0 Å². The van der Waals surface area contributed by atoms with Crippen molar-refractivity contribution < 1.29 is 0 Å². The lowest BCUT2D eigenvalue weighted by molar-refractivity contribution is 0.138. The van der Waals surface area contributed by atoms with Crippen LogP contribution >= 0.6 is 0 Å². The molecule has 1 saturated carbocycles. The van der Waals surface area contributed by atoms with Gasteiger partial charge in [0.05, 0.1) is 0 Å². The fourth-order valence-electron chi connectivity index (χ4n) is 3.80. The Balaban J connectivity index is 1.66. The van der Waals surface area contributed by atoms with E-state index in [-0.39, 0.29) is 0 Å². The molecule has 0 radical (unpaired) electrons. The van der Waals surface area contributed by atoms with Crippen molar-refractivity contribution in [1.82, 2.24) is 10.2 Å². The van der Waals surface area contributed by atoms with E-state index in [1.165, 1.54) is 50.8 Å². The molecule has 2 heteroatoms. The first-order valence-electron chi connectivity index (χ1n) is 8.35. The van der Waals surface area contributed by atoms with Crippen LogP contribution in [-0.2, 0) is 0 Å². The molecule has 0 spiro atoms. The van der Waals surface area contributed by atoms with E-state index in [1.54, 1.807) is 0 Å². The molecule has 1 unspecified atom stereocenters. The lowest BCUT2D eigenvalue weighted by atomic mass is 9.86. The van der Waals surface area contributed by atoms with Crippen molar-refractivity contribution in [3.63, 3.8) is 0 Å². The van der Waals surface area contributed by atoms with Crippen LogP contribution in [0.5, 0.6) is 0 Å². The minimum Gasteiger partial charge on any atom is -0.309 e. The standard InChI is InChI=1S/C18H28N2/c1-15-8-10-17(11-9-15)20-13-5-12-19-18(14-20)16-6-3-2-4-7-16/h2-4,6-7,15,17-19H,5,8-14H2,1H3. The van der Waals surface area contributed by atoms with E-state index in [1.807, 2.05) is 0 Å². The first kappa shape index (κ1) is 14.1. The van der Waals surface area contributed by atoms with Gasteiger partial charge in [-0.25, -0.2) is 0 Å². The van der Waals surface area contributed by atoms with E-state index in [0.717, 1.165) is 18.5 Å². The summed E-state index contributed by atoms with van der Waals surface area (Å²) in [4.78, 5) is 2.77. The normalized spacial score (nSPS) is 32.8. The van der Waals surface area contributed by atoms with E-state index in [0.29, 0.717) is 6.04 Å². The lowest BCUT2D eigenvalue weighted by Gasteiger charge is -2.36. The molecule has 3 rings (SSSR count). The van der Waals surface area contributed by atoms with Gasteiger partial charge in [0, 0.05) is 18.6 Å². The molecule has 1 N–H and O–H groups in total. The molecule has 20 heavy (non-hydrogen) atoms. The molecule has 110 valence electrons. The van der Waals surface area contributed by atoms with Gasteiger partial charge < -0.3 is 5.32 Å². The predicted molar refractivity (Wildman–Crippen MR) is 84.8 cm³/mol. The highest BCUT2D eigenvalue weighted by atomic mass is 15.2. The topological polar surface area (TPSA) is 15.3 Å². The second kappa shape index (κ2) is 6.73. The summed E-state index contributed by atoms with van der Waals surface area (Å²) in [5, 5.41) is 3.73. The van der Waals surface area contributed by atoms with Crippen LogP contribution in [0.25, 0.3) is 0 Å². The van der Waals surface area contributed by atoms with Crippen LogP contribution in [0.15, 0.2) is 30.3 Å². The van der Waals surface area contributed by atoms with Gasteiger partial charge in [-0.2, -0.15) is 0 Å². The second-order valence-electron chi connectivity index (χ2n) is 6.68. The third kappa shape index (κ3) is 3.42. The highest BCUT2D eigenvalue weighted by Gasteiger charge is 2.27. The Hall–Kier alpha value is -0.860. The molecule has 1 aromatic rings. The average molecular weight is 272 g/mol. The molecule has 0 aromatic heterocycles. The van der Waals surface area contributed by atoms with E-state index >= 15 is 0 Å². The largest absolute Gasteiger partial charge is 0.309 e. The summed E-state index contributed by atoms with van der Waals surface area (Å²) < 4.78 is 0. The number of hydrogen-bond donors (Lipinski definition) is 1. The first-order chi connectivity index (χ1) is 9.83. The van der Waals surface area contributed by atoms with Gasteiger partial charge in [-0.15, -0.1) is 0 Å². The Kier molecular flexibility index (Phi) is 4.74. The molecule has 1 heterocycles.